The molecule has 3 heteroatoms. The largest absolute Gasteiger partial charge is 0.458 e. The Kier molecular flexibility index (Phi) is 1.51. The minimum Gasteiger partial charge on any atom is -0.458 e. The van der Waals surface area contributed by atoms with Crippen molar-refractivity contribution in [3.63, 3.8) is 0 Å². The lowest BCUT2D eigenvalue weighted by Crippen LogP contribution is -2.16. The van der Waals surface area contributed by atoms with Gasteiger partial charge in [-0.1, -0.05) is 18.2 Å². The summed E-state index contributed by atoms with van der Waals surface area (Å²) in [6.07, 6.45) is 1.55. The molecule has 0 saturated heterocycles. The molecule has 0 amide bonds. The van der Waals surface area contributed by atoms with Crippen molar-refractivity contribution in [2.45, 2.75) is 0 Å². The molecule has 0 aliphatic rings. The maximum atomic E-state index is 11.9. The third-order valence-corrected chi connectivity index (χ3v) is 2.72. The molecule has 74 valence electrons. The van der Waals surface area contributed by atoms with E-state index in [4.69, 9.17) is 4.42 Å². The molecule has 2 heterocycles. The molecular weight excluding hydrogens is 190 g/mol. The van der Waals surface area contributed by atoms with Crippen molar-refractivity contribution in [3.05, 3.63) is 46.9 Å². The van der Waals surface area contributed by atoms with Crippen LogP contribution in [0.1, 0.15) is 0 Å². The quantitative estimate of drug-likeness (QED) is 0.556. The highest BCUT2D eigenvalue weighted by Gasteiger charge is 2.09. The van der Waals surface area contributed by atoms with Crippen LogP contribution in [0, 0.1) is 0 Å². The summed E-state index contributed by atoms with van der Waals surface area (Å²) >= 11 is 0. The van der Waals surface area contributed by atoms with E-state index >= 15 is 0 Å². The molecular formula is C12H9NO2. The number of benzene rings is 1. The number of rotatable bonds is 0. The lowest BCUT2D eigenvalue weighted by Gasteiger charge is -2.04. The second-order valence-corrected chi connectivity index (χ2v) is 3.54. The number of furan rings is 1. The highest BCUT2D eigenvalue weighted by Crippen LogP contribution is 2.22. The van der Waals surface area contributed by atoms with E-state index in [1.54, 1.807) is 17.9 Å². The van der Waals surface area contributed by atoms with Crippen molar-refractivity contribution in [3.8, 4) is 0 Å². The molecule has 3 aromatic rings. The Labute approximate surface area is 85.5 Å². The van der Waals surface area contributed by atoms with Crippen LogP contribution in [-0.4, -0.2) is 4.57 Å². The fourth-order valence-corrected chi connectivity index (χ4v) is 1.94. The fourth-order valence-electron chi connectivity index (χ4n) is 1.94. The molecule has 2 aromatic heterocycles. The molecule has 0 saturated carbocycles. The van der Waals surface area contributed by atoms with Gasteiger partial charge in [0, 0.05) is 17.8 Å². The summed E-state index contributed by atoms with van der Waals surface area (Å²) in [6.45, 7) is 0. The molecule has 0 bridgehead atoms. The van der Waals surface area contributed by atoms with Gasteiger partial charge in [-0.2, -0.15) is 0 Å². The highest BCUT2D eigenvalue weighted by molar-refractivity contribution is 6.03. The predicted molar refractivity (Wildman–Crippen MR) is 59.0 cm³/mol. The molecule has 0 aliphatic carbocycles. The van der Waals surface area contributed by atoms with Crippen molar-refractivity contribution >= 4 is 21.9 Å². The SMILES string of the molecule is Cn1c(=O)c2occc2c2ccccc21. The molecule has 1 aromatic carbocycles. The Morgan fingerprint density at radius 1 is 1.13 bits per heavy atom. The molecule has 0 radical (unpaired) electrons. The summed E-state index contributed by atoms with van der Waals surface area (Å²) in [5.41, 5.74) is 1.27. The first kappa shape index (κ1) is 8.29. The van der Waals surface area contributed by atoms with E-state index in [9.17, 15) is 4.79 Å². The second kappa shape index (κ2) is 2.73. The Morgan fingerprint density at radius 3 is 2.80 bits per heavy atom. The third-order valence-electron chi connectivity index (χ3n) is 2.72. The second-order valence-electron chi connectivity index (χ2n) is 3.54. The molecule has 3 nitrogen and oxygen atoms in total. The normalized spacial score (nSPS) is 11.3. The van der Waals surface area contributed by atoms with Crippen molar-refractivity contribution in [2.24, 2.45) is 7.05 Å². The van der Waals surface area contributed by atoms with Crippen LogP contribution in [0.3, 0.4) is 0 Å². The molecule has 0 fully saturated rings. The molecule has 0 atom stereocenters. The van der Waals surface area contributed by atoms with Crippen molar-refractivity contribution < 1.29 is 4.42 Å². The standard InChI is InChI=1S/C12H9NO2/c1-13-10-5-3-2-4-8(10)9-6-7-15-11(9)12(13)14/h2-7H,1H3. The Bertz CT molecular complexity index is 706. The molecule has 0 N–H and O–H groups in total. The van der Waals surface area contributed by atoms with Gasteiger partial charge in [-0.15, -0.1) is 0 Å². The Balaban J connectivity index is 2.77. The summed E-state index contributed by atoms with van der Waals surface area (Å²) < 4.78 is 6.82. The smallest absolute Gasteiger partial charge is 0.294 e. The molecule has 0 spiro atoms. The summed E-state index contributed by atoms with van der Waals surface area (Å²) in [5, 5.41) is 1.93. The van der Waals surface area contributed by atoms with Gasteiger partial charge in [0.2, 0.25) is 0 Å². The van der Waals surface area contributed by atoms with E-state index in [-0.39, 0.29) is 5.56 Å². The van der Waals surface area contributed by atoms with Crippen molar-refractivity contribution in [1.82, 2.24) is 4.57 Å². The molecule has 0 unspecified atom stereocenters. The summed E-state index contributed by atoms with van der Waals surface area (Å²) in [4.78, 5) is 11.9. The van der Waals surface area contributed by atoms with Gasteiger partial charge in [-0.3, -0.25) is 4.79 Å². The number of fused-ring (bicyclic) bond motifs is 3. The van der Waals surface area contributed by atoms with E-state index in [0.29, 0.717) is 5.58 Å². The minimum atomic E-state index is -0.0892. The van der Waals surface area contributed by atoms with Gasteiger partial charge in [-0.05, 0) is 12.1 Å². The van der Waals surface area contributed by atoms with Gasteiger partial charge in [0.05, 0.1) is 11.8 Å². The fraction of sp³-hybridized carbons (Fsp3) is 0.0833. The first-order valence-corrected chi connectivity index (χ1v) is 4.74. The Hall–Kier alpha value is -2.03. The summed E-state index contributed by atoms with van der Waals surface area (Å²) in [7, 11) is 1.76. The van der Waals surface area contributed by atoms with Gasteiger partial charge in [-0.25, -0.2) is 0 Å². The van der Waals surface area contributed by atoms with Crippen LogP contribution < -0.4 is 5.56 Å². The first-order valence-electron chi connectivity index (χ1n) is 4.74. The van der Waals surface area contributed by atoms with Crippen LogP contribution >= 0.6 is 0 Å². The van der Waals surface area contributed by atoms with Gasteiger partial charge in [0.1, 0.15) is 0 Å². The number of aromatic nitrogens is 1. The number of pyridine rings is 1. The maximum absolute atomic E-state index is 11.9. The average Bonchev–Trinajstić information content (AvgIpc) is 2.75. The lowest BCUT2D eigenvalue weighted by molar-refractivity contribution is 0.607. The monoisotopic (exact) mass is 199 g/mol. The van der Waals surface area contributed by atoms with Crippen LogP contribution in [0.5, 0.6) is 0 Å². The average molecular weight is 199 g/mol. The summed E-state index contributed by atoms with van der Waals surface area (Å²) in [5.74, 6) is 0. The zero-order valence-corrected chi connectivity index (χ0v) is 8.23. The van der Waals surface area contributed by atoms with E-state index in [0.717, 1.165) is 16.3 Å². The van der Waals surface area contributed by atoms with Gasteiger partial charge >= 0.3 is 0 Å². The van der Waals surface area contributed by atoms with Crippen LogP contribution in [0.25, 0.3) is 21.9 Å². The minimum absolute atomic E-state index is 0.0892. The lowest BCUT2D eigenvalue weighted by atomic mass is 10.1. The first-order chi connectivity index (χ1) is 7.29. The molecule has 3 rings (SSSR count). The van der Waals surface area contributed by atoms with Crippen LogP contribution in [0.15, 0.2) is 45.8 Å². The number of aryl methyl sites for hydroxylation is 1. The van der Waals surface area contributed by atoms with Crippen molar-refractivity contribution in [1.29, 1.82) is 0 Å². The van der Waals surface area contributed by atoms with E-state index in [2.05, 4.69) is 0 Å². The number of hydrogen-bond donors (Lipinski definition) is 0. The third kappa shape index (κ3) is 0.973. The topological polar surface area (TPSA) is 35.1 Å². The van der Waals surface area contributed by atoms with Crippen molar-refractivity contribution in [2.75, 3.05) is 0 Å². The van der Waals surface area contributed by atoms with Crippen LogP contribution in [0.2, 0.25) is 0 Å². The Morgan fingerprint density at radius 2 is 1.93 bits per heavy atom. The van der Waals surface area contributed by atoms with E-state index < -0.39 is 0 Å². The summed E-state index contributed by atoms with van der Waals surface area (Å²) in [6, 6.07) is 9.64. The van der Waals surface area contributed by atoms with Crippen LogP contribution in [0.4, 0.5) is 0 Å². The van der Waals surface area contributed by atoms with E-state index in [1.807, 2.05) is 30.3 Å². The number of hydrogen-bond acceptors (Lipinski definition) is 2. The van der Waals surface area contributed by atoms with Gasteiger partial charge < -0.3 is 8.98 Å². The molecule has 0 aliphatic heterocycles. The molecule has 15 heavy (non-hydrogen) atoms. The number of para-hydroxylation sites is 1. The number of nitrogens with zero attached hydrogens (tertiary/aromatic N) is 1. The van der Waals surface area contributed by atoms with Gasteiger partial charge in [0.15, 0.2) is 5.58 Å². The highest BCUT2D eigenvalue weighted by atomic mass is 16.3. The van der Waals surface area contributed by atoms with Gasteiger partial charge in [0.25, 0.3) is 5.56 Å². The maximum Gasteiger partial charge on any atom is 0.294 e. The zero-order chi connectivity index (χ0) is 10.4. The zero-order valence-electron chi connectivity index (χ0n) is 8.23. The van der Waals surface area contributed by atoms with Crippen LogP contribution in [-0.2, 0) is 7.05 Å². The van der Waals surface area contributed by atoms with E-state index in [1.165, 1.54) is 0 Å². The predicted octanol–water partition coefficient (Wildman–Crippen LogP) is 2.28.